The Hall–Kier alpha value is -1.26. The molecule has 0 radical (unpaired) electrons. The van der Waals surface area contributed by atoms with Gasteiger partial charge in [0.2, 0.25) is 0 Å². The van der Waals surface area contributed by atoms with Crippen molar-refractivity contribution in [1.82, 2.24) is 10.2 Å². The van der Waals surface area contributed by atoms with Gasteiger partial charge >= 0.3 is 6.09 Å². The van der Waals surface area contributed by atoms with Crippen molar-refractivity contribution in [1.29, 1.82) is 0 Å². The summed E-state index contributed by atoms with van der Waals surface area (Å²) in [6.07, 6.45) is 1.87. The summed E-state index contributed by atoms with van der Waals surface area (Å²) in [5, 5.41) is 3.33. The van der Waals surface area contributed by atoms with E-state index in [2.05, 4.69) is 17.4 Å². The van der Waals surface area contributed by atoms with Crippen molar-refractivity contribution in [3.8, 4) is 0 Å². The van der Waals surface area contributed by atoms with E-state index in [-0.39, 0.29) is 24.5 Å². The van der Waals surface area contributed by atoms with Crippen LogP contribution in [0.25, 0.3) is 0 Å². The molecular weight excluding hydrogens is 264 g/mol. The number of rotatable bonds is 2. The molecule has 1 atom stereocenters. The van der Waals surface area contributed by atoms with Crippen LogP contribution in [-0.4, -0.2) is 36.7 Å². The highest BCUT2D eigenvalue weighted by molar-refractivity contribution is 5.85. The van der Waals surface area contributed by atoms with Crippen LogP contribution in [0, 0.1) is 0 Å². The third-order valence-electron chi connectivity index (χ3n) is 3.80. The van der Waals surface area contributed by atoms with E-state index in [4.69, 9.17) is 4.74 Å². The monoisotopic (exact) mass is 282 g/mol. The van der Waals surface area contributed by atoms with Gasteiger partial charge in [-0.1, -0.05) is 30.3 Å². The molecule has 0 aliphatic carbocycles. The molecule has 0 spiro atoms. The van der Waals surface area contributed by atoms with Gasteiger partial charge in [0.25, 0.3) is 0 Å². The Kier molecular flexibility index (Phi) is 4.66. The molecule has 2 fully saturated rings. The molecule has 1 aromatic rings. The van der Waals surface area contributed by atoms with Crippen molar-refractivity contribution in [2.45, 2.75) is 24.9 Å². The lowest BCUT2D eigenvalue weighted by Crippen LogP contribution is -2.44. The number of halogens is 1. The number of nitrogens with one attached hydrogen (secondary N) is 1. The fourth-order valence-electron chi connectivity index (χ4n) is 2.85. The quantitative estimate of drug-likeness (QED) is 0.905. The van der Waals surface area contributed by atoms with Crippen molar-refractivity contribution in [2.24, 2.45) is 0 Å². The van der Waals surface area contributed by atoms with Gasteiger partial charge in [0, 0.05) is 6.04 Å². The van der Waals surface area contributed by atoms with E-state index in [0.717, 1.165) is 25.9 Å². The average Bonchev–Trinajstić information content (AvgIpc) is 2.83. The molecular formula is C14H19ClN2O2. The van der Waals surface area contributed by atoms with Crippen molar-refractivity contribution >= 4 is 18.5 Å². The number of piperidine rings is 1. The van der Waals surface area contributed by atoms with Gasteiger partial charge < -0.3 is 10.1 Å². The lowest BCUT2D eigenvalue weighted by atomic mass is 10.0. The highest BCUT2D eigenvalue weighted by atomic mass is 35.5. The van der Waals surface area contributed by atoms with E-state index in [9.17, 15) is 4.79 Å². The van der Waals surface area contributed by atoms with Gasteiger partial charge in [-0.15, -0.1) is 12.4 Å². The van der Waals surface area contributed by atoms with Crippen LogP contribution < -0.4 is 5.32 Å². The smallest absolute Gasteiger partial charge is 0.410 e. The summed E-state index contributed by atoms with van der Waals surface area (Å²) in [4.78, 5) is 13.9. The van der Waals surface area contributed by atoms with Crippen LogP contribution >= 0.6 is 12.4 Å². The van der Waals surface area contributed by atoms with E-state index in [1.165, 1.54) is 5.56 Å². The second-order valence-electron chi connectivity index (χ2n) is 4.89. The second-order valence-corrected chi connectivity index (χ2v) is 4.89. The number of nitrogens with zero attached hydrogens (tertiary/aromatic N) is 1. The maximum absolute atomic E-state index is 11.9. The number of hydrogen-bond acceptors (Lipinski definition) is 3. The molecule has 0 unspecified atom stereocenters. The van der Waals surface area contributed by atoms with E-state index in [1.807, 2.05) is 23.1 Å². The zero-order valence-electron chi connectivity index (χ0n) is 10.7. The molecule has 3 rings (SSSR count). The van der Waals surface area contributed by atoms with Gasteiger partial charge in [0.15, 0.2) is 0 Å². The van der Waals surface area contributed by atoms with Crippen LogP contribution in [-0.2, 0) is 4.74 Å². The number of benzene rings is 1. The molecule has 2 aliphatic rings. The summed E-state index contributed by atoms with van der Waals surface area (Å²) in [5.74, 6) is 0. The van der Waals surface area contributed by atoms with Gasteiger partial charge in [0.05, 0.1) is 6.04 Å². The number of hydrogen-bond donors (Lipinski definition) is 1. The Morgan fingerprint density at radius 2 is 1.84 bits per heavy atom. The number of amides is 1. The number of carbonyl (C=O) groups is 1. The summed E-state index contributed by atoms with van der Waals surface area (Å²) in [5.41, 5.74) is 1.17. The van der Waals surface area contributed by atoms with E-state index in [0.29, 0.717) is 12.6 Å². The van der Waals surface area contributed by atoms with Gasteiger partial charge in [-0.25, -0.2) is 4.79 Å². The molecule has 1 amide bonds. The summed E-state index contributed by atoms with van der Waals surface area (Å²) >= 11 is 0. The molecule has 0 saturated carbocycles. The molecule has 1 aromatic carbocycles. The average molecular weight is 283 g/mol. The number of carbonyl (C=O) groups excluding carboxylic acids is 1. The minimum Gasteiger partial charge on any atom is -0.447 e. The summed E-state index contributed by atoms with van der Waals surface area (Å²) < 4.78 is 5.25. The normalized spacial score (nSPS) is 23.9. The van der Waals surface area contributed by atoms with Gasteiger partial charge in [-0.05, 0) is 31.5 Å². The molecule has 1 N–H and O–H groups in total. The fourth-order valence-corrected chi connectivity index (χ4v) is 2.85. The Balaban J connectivity index is 0.00000133. The zero-order valence-corrected chi connectivity index (χ0v) is 11.6. The molecule has 2 heterocycles. The first kappa shape index (κ1) is 14.2. The second kappa shape index (κ2) is 6.26. The minimum absolute atomic E-state index is 0. The summed E-state index contributed by atoms with van der Waals surface area (Å²) in [6, 6.07) is 10.6. The van der Waals surface area contributed by atoms with Crippen LogP contribution in [0.2, 0.25) is 0 Å². The Morgan fingerprint density at radius 3 is 2.53 bits per heavy atom. The summed E-state index contributed by atoms with van der Waals surface area (Å²) in [6.45, 7) is 2.44. The molecule has 4 nitrogen and oxygen atoms in total. The number of ether oxygens (including phenoxy) is 1. The highest BCUT2D eigenvalue weighted by Gasteiger charge is 2.39. The SMILES string of the molecule is Cl.O=C1OC[C@H](c2ccccc2)N1C1CCNCC1. The number of cyclic esters (lactones) is 1. The van der Waals surface area contributed by atoms with E-state index < -0.39 is 0 Å². The van der Waals surface area contributed by atoms with Crippen molar-refractivity contribution in [3.05, 3.63) is 35.9 Å². The van der Waals surface area contributed by atoms with E-state index >= 15 is 0 Å². The van der Waals surface area contributed by atoms with Crippen LogP contribution in [0.5, 0.6) is 0 Å². The van der Waals surface area contributed by atoms with Crippen molar-refractivity contribution < 1.29 is 9.53 Å². The molecule has 19 heavy (non-hydrogen) atoms. The van der Waals surface area contributed by atoms with E-state index in [1.54, 1.807) is 0 Å². The largest absolute Gasteiger partial charge is 0.447 e. The Labute approximate surface area is 119 Å². The lowest BCUT2D eigenvalue weighted by molar-refractivity contribution is 0.134. The van der Waals surface area contributed by atoms with Crippen LogP contribution in [0.4, 0.5) is 4.79 Å². The topological polar surface area (TPSA) is 41.6 Å². The van der Waals surface area contributed by atoms with Gasteiger partial charge in [-0.3, -0.25) is 4.90 Å². The highest BCUT2D eigenvalue weighted by Crippen LogP contribution is 2.31. The molecule has 0 aromatic heterocycles. The van der Waals surface area contributed by atoms with Crippen LogP contribution in [0.3, 0.4) is 0 Å². The predicted octanol–water partition coefficient (Wildman–Crippen LogP) is 2.35. The maximum atomic E-state index is 11.9. The first-order valence-corrected chi connectivity index (χ1v) is 6.57. The Morgan fingerprint density at radius 1 is 1.16 bits per heavy atom. The lowest BCUT2D eigenvalue weighted by Gasteiger charge is -2.33. The molecule has 2 saturated heterocycles. The standard InChI is InChI=1S/C14H18N2O2.ClH/c17-14-16(12-6-8-15-9-7-12)13(10-18-14)11-4-2-1-3-5-11;/h1-5,12-13,15H,6-10H2;1H/t13-;/m1./s1. The third kappa shape index (κ3) is 2.85. The molecule has 2 aliphatic heterocycles. The van der Waals surface area contributed by atoms with Crippen molar-refractivity contribution in [2.75, 3.05) is 19.7 Å². The van der Waals surface area contributed by atoms with Crippen LogP contribution in [0.1, 0.15) is 24.4 Å². The third-order valence-corrected chi connectivity index (χ3v) is 3.80. The van der Waals surface area contributed by atoms with Crippen LogP contribution in [0.15, 0.2) is 30.3 Å². The van der Waals surface area contributed by atoms with Gasteiger partial charge in [-0.2, -0.15) is 0 Å². The van der Waals surface area contributed by atoms with Gasteiger partial charge in [0.1, 0.15) is 6.61 Å². The first-order chi connectivity index (χ1) is 8.86. The fraction of sp³-hybridized carbons (Fsp3) is 0.500. The minimum atomic E-state index is -0.157. The predicted molar refractivity (Wildman–Crippen MR) is 75.5 cm³/mol. The molecule has 0 bridgehead atoms. The summed E-state index contributed by atoms with van der Waals surface area (Å²) in [7, 11) is 0. The maximum Gasteiger partial charge on any atom is 0.410 e. The zero-order chi connectivity index (χ0) is 12.4. The van der Waals surface area contributed by atoms with Crippen molar-refractivity contribution in [3.63, 3.8) is 0 Å². The molecule has 104 valence electrons. The Bertz CT molecular complexity index is 421. The first-order valence-electron chi connectivity index (χ1n) is 6.57. The molecule has 5 heteroatoms.